The minimum atomic E-state index is -0.429. The van der Waals surface area contributed by atoms with Gasteiger partial charge in [-0.1, -0.05) is 17.7 Å². The molecule has 1 unspecified atom stereocenters. The Bertz CT molecular complexity index is 456. The third kappa shape index (κ3) is 3.16. The molecule has 4 nitrogen and oxygen atoms in total. The van der Waals surface area contributed by atoms with Gasteiger partial charge in [-0.3, -0.25) is 15.0 Å². The minimum Gasteiger partial charge on any atom is -0.295 e. The molecule has 1 heterocycles. The van der Waals surface area contributed by atoms with E-state index in [9.17, 15) is 10.1 Å². The molecule has 0 aromatic heterocycles. The first-order valence-electron chi connectivity index (χ1n) is 5.82. The second-order valence-electron chi connectivity index (χ2n) is 4.44. The maximum absolute atomic E-state index is 10.8. The first-order chi connectivity index (χ1) is 8.58. The molecular formula is C12H15ClN2O2S. The summed E-state index contributed by atoms with van der Waals surface area (Å²) in [5.74, 6) is 2.25. The number of benzene rings is 1. The lowest BCUT2D eigenvalue weighted by molar-refractivity contribution is -0.384. The fourth-order valence-electron chi connectivity index (χ4n) is 2.03. The summed E-state index contributed by atoms with van der Waals surface area (Å²) in [6, 6.07) is 5.57. The van der Waals surface area contributed by atoms with E-state index in [1.54, 1.807) is 12.1 Å². The summed E-state index contributed by atoms with van der Waals surface area (Å²) in [6.07, 6.45) is 0. The molecule has 0 aliphatic carbocycles. The van der Waals surface area contributed by atoms with Gasteiger partial charge in [0.2, 0.25) is 0 Å². The lowest BCUT2D eigenvalue weighted by Crippen LogP contribution is -2.39. The van der Waals surface area contributed by atoms with Crippen molar-refractivity contribution >= 4 is 29.1 Å². The molecule has 1 fully saturated rings. The largest absolute Gasteiger partial charge is 0.295 e. The van der Waals surface area contributed by atoms with Crippen molar-refractivity contribution in [2.24, 2.45) is 0 Å². The summed E-state index contributed by atoms with van der Waals surface area (Å²) in [7, 11) is 0. The number of thioether (sulfide) groups is 1. The van der Waals surface area contributed by atoms with Crippen molar-refractivity contribution in [2.75, 3.05) is 18.1 Å². The number of hydrogen-bond acceptors (Lipinski definition) is 4. The van der Waals surface area contributed by atoms with Crippen LogP contribution >= 0.6 is 23.4 Å². The van der Waals surface area contributed by atoms with E-state index in [0.717, 1.165) is 30.2 Å². The van der Waals surface area contributed by atoms with Gasteiger partial charge in [0.1, 0.15) is 5.02 Å². The SMILES string of the molecule is CC1CSCCN1Cc1ccc(Cl)c([N+](=O)[O-])c1. The Balaban J connectivity index is 2.14. The van der Waals surface area contributed by atoms with Crippen molar-refractivity contribution in [1.82, 2.24) is 4.90 Å². The van der Waals surface area contributed by atoms with Crippen LogP contribution in [0.4, 0.5) is 5.69 Å². The van der Waals surface area contributed by atoms with E-state index in [1.807, 2.05) is 17.8 Å². The average Bonchev–Trinajstić information content (AvgIpc) is 2.34. The maximum Gasteiger partial charge on any atom is 0.288 e. The van der Waals surface area contributed by atoms with E-state index in [-0.39, 0.29) is 10.7 Å². The van der Waals surface area contributed by atoms with Crippen molar-refractivity contribution in [3.05, 3.63) is 38.9 Å². The van der Waals surface area contributed by atoms with E-state index in [2.05, 4.69) is 11.8 Å². The summed E-state index contributed by atoms with van der Waals surface area (Å²) in [5.41, 5.74) is 0.943. The highest BCUT2D eigenvalue weighted by Gasteiger charge is 2.20. The van der Waals surface area contributed by atoms with Crippen molar-refractivity contribution in [3.8, 4) is 0 Å². The smallest absolute Gasteiger partial charge is 0.288 e. The standard InChI is InChI=1S/C12H15ClN2O2S/c1-9-8-18-5-4-14(9)7-10-2-3-11(13)12(6-10)15(16)17/h2-3,6,9H,4-5,7-8H2,1H3. The molecule has 6 heteroatoms. The van der Waals surface area contributed by atoms with Crippen LogP contribution in [0.3, 0.4) is 0 Å². The van der Waals surface area contributed by atoms with Crippen LogP contribution in [-0.2, 0) is 6.54 Å². The molecule has 18 heavy (non-hydrogen) atoms. The quantitative estimate of drug-likeness (QED) is 0.632. The van der Waals surface area contributed by atoms with Crippen LogP contribution in [0.2, 0.25) is 5.02 Å². The van der Waals surface area contributed by atoms with Crippen LogP contribution in [0.25, 0.3) is 0 Å². The zero-order valence-electron chi connectivity index (χ0n) is 10.1. The van der Waals surface area contributed by atoms with Crippen molar-refractivity contribution < 1.29 is 4.92 Å². The summed E-state index contributed by atoms with van der Waals surface area (Å²) >= 11 is 7.76. The van der Waals surface area contributed by atoms with Gasteiger partial charge in [0.25, 0.3) is 5.69 Å². The molecule has 98 valence electrons. The zero-order chi connectivity index (χ0) is 13.1. The highest BCUT2D eigenvalue weighted by Crippen LogP contribution is 2.26. The van der Waals surface area contributed by atoms with Gasteiger partial charge in [0, 0.05) is 36.7 Å². The van der Waals surface area contributed by atoms with E-state index >= 15 is 0 Å². The molecular weight excluding hydrogens is 272 g/mol. The molecule has 1 aliphatic heterocycles. The second kappa shape index (κ2) is 5.91. The monoisotopic (exact) mass is 286 g/mol. The molecule has 0 amide bonds. The van der Waals surface area contributed by atoms with Gasteiger partial charge in [-0.15, -0.1) is 0 Å². The zero-order valence-corrected chi connectivity index (χ0v) is 11.7. The minimum absolute atomic E-state index is 0.00629. The average molecular weight is 287 g/mol. The summed E-state index contributed by atoms with van der Waals surface area (Å²) in [4.78, 5) is 12.8. The Labute approximate surface area is 115 Å². The molecule has 1 atom stereocenters. The maximum atomic E-state index is 10.8. The molecule has 0 spiro atoms. The van der Waals surface area contributed by atoms with Gasteiger partial charge in [-0.2, -0.15) is 11.8 Å². The number of rotatable bonds is 3. The van der Waals surface area contributed by atoms with Crippen molar-refractivity contribution in [3.63, 3.8) is 0 Å². The van der Waals surface area contributed by atoms with E-state index < -0.39 is 4.92 Å². The molecule has 1 aromatic carbocycles. The molecule has 1 aliphatic rings. The first-order valence-corrected chi connectivity index (χ1v) is 7.36. The van der Waals surface area contributed by atoms with E-state index in [4.69, 9.17) is 11.6 Å². The molecule has 0 radical (unpaired) electrons. The number of nitro benzene ring substituents is 1. The lowest BCUT2D eigenvalue weighted by Gasteiger charge is -2.32. The van der Waals surface area contributed by atoms with Gasteiger partial charge >= 0.3 is 0 Å². The fraction of sp³-hybridized carbons (Fsp3) is 0.500. The fourth-order valence-corrected chi connectivity index (χ4v) is 3.30. The predicted molar refractivity (Wildman–Crippen MR) is 75.3 cm³/mol. The van der Waals surface area contributed by atoms with Gasteiger partial charge in [-0.25, -0.2) is 0 Å². The highest BCUT2D eigenvalue weighted by atomic mass is 35.5. The topological polar surface area (TPSA) is 46.4 Å². The Kier molecular flexibility index (Phi) is 4.48. The van der Waals surface area contributed by atoms with Gasteiger partial charge in [0.05, 0.1) is 4.92 Å². The molecule has 0 N–H and O–H groups in total. The lowest BCUT2D eigenvalue weighted by atomic mass is 10.1. The Morgan fingerprint density at radius 2 is 2.39 bits per heavy atom. The molecule has 1 saturated heterocycles. The molecule has 2 rings (SSSR count). The Morgan fingerprint density at radius 3 is 3.06 bits per heavy atom. The van der Waals surface area contributed by atoms with Gasteiger partial charge in [-0.05, 0) is 18.6 Å². The highest BCUT2D eigenvalue weighted by molar-refractivity contribution is 7.99. The summed E-state index contributed by atoms with van der Waals surface area (Å²) in [6.45, 7) is 3.97. The number of nitro groups is 1. The van der Waals surface area contributed by atoms with Crippen LogP contribution in [0, 0.1) is 10.1 Å². The molecule has 0 bridgehead atoms. The normalized spacial score (nSPS) is 20.9. The third-order valence-corrected chi connectivity index (χ3v) is 4.61. The number of hydrogen-bond donors (Lipinski definition) is 0. The first kappa shape index (κ1) is 13.6. The third-order valence-electron chi connectivity index (χ3n) is 3.10. The summed E-state index contributed by atoms with van der Waals surface area (Å²) < 4.78 is 0. The molecule has 1 aromatic rings. The van der Waals surface area contributed by atoms with Crippen molar-refractivity contribution in [2.45, 2.75) is 19.5 Å². The Hall–Kier alpha value is -0.780. The predicted octanol–water partition coefficient (Wildman–Crippen LogP) is 3.19. The van der Waals surface area contributed by atoms with Gasteiger partial charge in [0.15, 0.2) is 0 Å². The van der Waals surface area contributed by atoms with Crippen LogP contribution in [0.1, 0.15) is 12.5 Å². The van der Waals surface area contributed by atoms with Crippen LogP contribution in [-0.4, -0.2) is 33.9 Å². The van der Waals surface area contributed by atoms with E-state index in [1.165, 1.54) is 0 Å². The summed E-state index contributed by atoms with van der Waals surface area (Å²) in [5, 5.41) is 11.0. The van der Waals surface area contributed by atoms with E-state index in [0.29, 0.717) is 6.04 Å². The molecule has 0 saturated carbocycles. The Morgan fingerprint density at radius 1 is 1.61 bits per heavy atom. The van der Waals surface area contributed by atoms with Crippen LogP contribution in [0.5, 0.6) is 0 Å². The van der Waals surface area contributed by atoms with Crippen molar-refractivity contribution in [1.29, 1.82) is 0 Å². The van der Waals surface area contributed by atoms with Gasteiger partial charge < -0.3 is 0 Å². The number of halogens is 1. The van der Waals surface area contributed by atoms with Crippen LogP contribution in [0.15, 0.2) is 18.2 Å². The van der Waals surface area contributed by atoms with Crippen LogP contribution < -0.4 is 0 Å². The number of nitrogens with zero attached hydrogens (tertiary/aromatic N) is 2. The second-order valence-corrected chi connectivity index (χ2v) is 5.99.